The number of carbonyl (C=O) groups is 1. The molecule has 0 unspecified atom stereocenters. The van der Waals surface area contributed by atoms with Crippen LogP contribution < -0.4 is 10.2 Å². The zero-order valence-electron chi connectivity index (χ0n) is 24.1. The van der Waals surface area contributed by atoms with Crippen molar-refractivity contribution in [3.05, 3.63) is 78.0 Å². The summed E-state index contributed by atoms with van der Waals surface area (Å²) in [5.41, 5.74) is 5.76. The van der Waals surface area contributed by atoms with Gasteiger partial charge in [0, 0.05) is 50.4 Å². The minimum absolute atomic E-state index is 0.107. The van der Waals surface area contributed by atoms with Crippen molar-refractivity contribution in [3.8, 4) is 11.3 Å². The van der Waals surface area contributed by atoms with Crippen molar-refractivity contribution in [2.24, 2.45) is 0 Å². The summed E-state index contributed by atoms with van der Waals surface area (Å²) in [5, 5.41) is 7.66. The second kappa shape index (κ2) is 11.6. The standard InChI is InChI=1S/C31H38N8O/c1-22-16-24(7-6-23(22)8-10-28(40)25-18-35-39(20-25)31(2,3)4)27-17-30(34-21-33-27)36-29-11-9-26(19-32-29)38-14-12-37(5)13-15-38/h6-7,9,11,16-21H,8,10,12-15H2,1-5H3,(H,32,33,34,36). The third-order valence-corrected chi connectivity index (χ3v) is 7.39. The van der Waals surface area contributed by atoms with E-state index in [9.17, 15) is 4.79 Å². The van der Waals surface area contributed by atoms with Crippen molar-refractivity contribution in [3.63, 3.8) is 0 Å². The molecule has 0 radical (unpaired) electrons. The van der Waals surface area contributed by atoms with Crippen LogP contribution in [0.1, 0.15) is 48.7 Å². The molecule has 0 saturated carbocycles. The van der Waals surface area contributed by atoms with Gasteiger partial charge in [-0.25, -0.2) is 15.0 Å². The fourth-order valence-corrected chi connectivity index (χ4v) is 4.79. The van der Waals surface area contributed by atoms with E-state index in [1.807, 2.05) is 29.2 Å². The predicted octanol–water partition coefficient (Wildman–Crippen LogP) is 5.11. The summed E-state index contributed by atoms with van der Waals surface area (Å²) >= 11 is 0. The number of benzene rings is 1. The van der Waals surface area contributed by atoms with Gasteiger partial charge in [-0.3, -0.25) is 9.48 Å². The Morgan fingerprint density at radius 3 is 2.42 bits per heavy atom. The van der Waals surface area contributed by atoms with Crippen LogP contribution in [0.2, 0.25) is 0 Å². The van der Waals surface area contributed by atoms with Gasteiger partial charge in [-0.1, -0.05) is 12.1 Å². The number of ketones is 1. The number of nitrogens with zero attached hydrogens (tertiary/aromatic N) is 7. The molecule has 0 spiro atoms. The first-order valence-electron chi connectivity index (χ1n) is 13.8. The van der Waals surface area contributed by atoms with E-state index >= 15 is 0 Å². The average molecular weight is 539 g/mol. The molecule has 0 bridgehead atoms. The van der Waals surface area contributed by atoms with Crippen LogP contribution in [0.4, 0.5) is 17.3 Å². The molecule has 1 fully saturated rings. The Balaban J connectivity index is 1.21. The number of pyridine rings is 1. The highest BCUT2D eigenvalue weighted by Crippen LogP contribution is 2.25. The third kappa shape index (κ3) is 6.54. The van der Waals surface area contributed by atoms with Crippen molar-refractivity contribution in [1.82, 2.24) is 29.6 Å². The van der Waals surface area contributed by atoms with Crippen molar-refractivity contribution >= 4 is 23.1 Å². The Morgan fingerprint density at radius 2 is 1.75 bits per heavy atom. The highest BCUT2D eigenvalue weighted by Gasteiger charge is 2.17. The van der Waals surface area contributed by atoms with E-state index in [0.717, 1.165) is 60.1 Å². The van der Waals surface area contributed by atoms with Crippen LogP contribution in [0, 0.1) is 6.92 Å². The Bertz CT molecular complexity index is 1460. The molecule has 1 aromatic carbocycles. The van der Waals surface area contributed by atoms with E-state index in [1.165, 1.54) is 0 Å². The van der Waals surface area contributed by atoms with E-state index < -0.39 is 0 Å². The number of aromatic nitrogens is 5. The summed E-state index contributed by atoms with van der Waals surface area (Å²) in [5.74, 6) is 1.54. The number of carbonyl (C=O) groups excluding carboxylic acids is 1. The molecule has 4 heterocycles. The van der Waals surface area contributed by atoms with Crippen LogP contribution in [0.3, 0.4) is 0 Å². The number of piperazine rings is 1. The highest BCUT2D eigenvalue weighted by atomic mass is 16.1. The van der Waals surface area contributed by atoms with Crippen LogP contribution >= 0.6 is 0 Å². The smallest absolute Gasteiger partial charge is 0.166 e. The topological polar surface area (TPSA) is 92.1 Å². The molecule has 0 amide bonds. The Kier molecular flexibility index (Phi) is 7.93. The summed E-state index contributed by atoms with van der Waals surface area (Å²) in [6.45, 7) is 12.4. The van der Waals surface area contributed by atoms with Gasteiger partial charge in [-0.2, -0.15) is 5.10 Å². The van der Waals surface area contributed by atoms with Crippen LogP contribution in [-0.4, -0.2) is 68.6 Å². The minimum Gasteiger partial charge on any atom is -0.368 e. The number of hydrogen-bond acceptors (Lipinski definition) is 8. The number of aryl methyl sites for hydroxylation is 2. The summed E-state index contributed by atoms with van der Waals surface area (Å²) in [6.07, 6.45) is 8.11. The van der Waals surface area contributed by atoms with Crippen LogP contribution in [0.15, 0.2) is 61.3 Å². The molecule has 1 N–H and O–H groups in total. The SMILES string of the molecule is Cc1cc(-c2cc(Nc3ccc(N4CCN(C)CC4)cn3)ncn2)ccc1CCC(=O)c1cnn(C(C)(C)C)c1. The van der Waals surface area contributed by atoms with Gasteiger partial charge in [-0.05, 0) is 70.5 Å². The third-order valence-electron chi connectivity index (χ3n) is 7.39. The van der Waals surface area contributed by atoms with Gasteiger partial charge in [0.15, 0.2) is 5.78 Å². The predicted molar refractivity (Wildman–Crippen MR) is 159 cm³/mol. The highest BCUT2D eigenvalue weighted by molar-refractivity contribution is 5.95. The van der Waals surface area contributed by atoms with Crippen molar-refractivity contribution in [2.45, 2.75) is 46.1 Å². The Morgan fingerprint density at radius 1 is 0.950 bits per heavy atom. The van der Waals surface area contributed by atoms with Gasteiger partial charge in [0.2, 0.25) is 0 Å². The first-order valence-corrected chi connectivity index (χ1v) is 13.8. The van der Waals surface area contributed by atoms with Gasteiger partial charge in [0.25, 0.3) is 0 Å². The van der Waals surface area contributed by atoms with Crippen molar-refractivity contribution in [1.29, 1.82) is 0 Å². The molecule has 40 heavy (non-hydrogen) atoms. The number of rotatable bonds is 8. The summed E-state index contributed by atoms with van der Waals surface area (Å²) in [4.78, 5) is 31.0. The lowest BCUT2D eigenvalue weighted by atomic mass is 9.98. The quantitative estimate of drug-likeness (QED) is 0.310. The van der Waals surface area contributed by atoms with Gasteiger partial charge >= 0.3 is 0 Å². The molecule has 1 saturated heterocycles. The fraction of sp³-hybridized carbons (Fsp3) is 0.387. The first kappa shape index (κ1) is 27.5. The van der Waals surface area contributed by atoms with E-state index in [2.05, 4.69) is 94.2 Å². The van der Waals surface area contributed by atoms with Crippen molar-refractivity contribution < 1.29 is 4.79 Å². The van der Waals surface area contributed by atoms with E-state index in [4.69, 9.17) is 0 Å². The second-order valence-corrected chi connectivity index (χ2v) is 11.5. The van der Waals surface area contributed by atoms with Gasteiger partial charge in [0.1, 0.15) is 18.0 Å². The number of hydrogen-bond donors (Lipinski definition) is 1. The lowest BCUT2D eigenvalue weighted by molar-refractivity contribution is 0.0982. The van der Waals surface area contributed by atoms with Gasteiger partial charge < -0.3 is 15.1 Å². The zero-order chi connectivity index (χ0) is 28.3. The molecule has 9 nitrogen and oxygen atoms in total. The largest absolute Gasteiger partial charge is 0.368 e. The molecular weight excluding hydrogens is 500 g/mol. The Hall–Kier alpha value is -4.11. The average Bonchev–Trinajstić information content (AvgIpc) is 3.45. The first-order chi connectivity index (χ1) is 19.2. The second-order valence-electron chi connectivity index (χ2n) is 11.5. The monoisotopic (exact) mass is 538 g/mol. The zero-order valence-corrected chi connectivity index (χ0v) is 24.1. The number of Topliss-reactive ketones (excluding diaryl/α,β-unsaturated/α-hetero) is 1. The summed E-state index contributed by atoms with van der Waals surface area (Å²) in [6, 6.07) is 12.3. The van der Waals surface area contributed by atoms with E-state index in [-0.39, 0.29) is 11.3 Å². The molecule has 0 atom stereocenters. The fourth-order valence-electron chi connectivity index (χ4n) is 4.79. The molecule has 1 aliphatic heterocycles. The van der Waals surface area contributed by atoms with Gasteiger partial charge in [0.05, 0.1) is 34.9 Å². The molecule has 9 heteroatoms. The Labute approximate surface area is 236 Å². The molecule has 1 aliphatic rings. The van der Waals surface area contributed by atoms with Gasteiger partial charge in [-0.15, -0.1) is 0 Å². The van der Waals surface area contributed by atoms with Crippen LogP contribution in [-0.2, 0) is 12.0 Å². The molecule has 3 aromatic heterocycles. The van der Waals surface area contributed by atoms with Crippen LogP contribution in [0.25, 0.3) is 11.3 Å². The number of likely N-dealkylation sites (N-methyl/N-ethyl adjacent to an activating group) is 1. The van der Waals surface area contributed by atoms with E-state index in [0.29, 0.717) is 24.2 Å². The summed E-state index contributed by atoms with van der Waals surface area (Å²) in [7, 11) is 2.16. The lowest BCUT2D eigenvalue weighted by Gasteiger charge is -2.33. The van der Waals surface area contributed by atoms with Crippen molar-refractivity contribution in [2.75, 3.05) is 43.4 Å². The molecule has 5 rings (SSSR count). The lowest BCUT2D eigenvalue weighted by Crippen LogP contribution is -2.44. The number of anilines is 3. The van der Waals surface area contributed by atoms with E-state index in [1.54, 1.807) is 12.5 Å². The molecule has 4 aromatic rings. The molecular formula is C31H38N8O. The molecule has 208 valence electrons. The summed E-state index contributed by atoms with van der Waals surface area (Å²) < 4.78 is 1.84. The maximum Gasteiger partial charge on any atom is 0.166 e. The molecule has 0 aliphatic carbocycles. The maximum atomic E-state index is 12.8. The number of nitrogens with one attached hydrogen (secondary N) is 1. The maximum absolute atomic E-state index is 12.8. The minimum atomic E-state index is -0.146. The normalized spacial score (nSPS) is 14.4. The van der Waals surface area contributed by atoms with Crippen LogP contribution in [0.5, 0.6) is 0 Å².